The molecule has 1 amide bonds. The molecule has 1 aromatic heterocycles. The summed E-state index contributed by atoms with van der Waals surface area (Å²) in [7, 11) is -4.37. The van der Waals surface area contributed by atoms with Gasteiger partial charge in [-0.3, -0.25) is 14.3 Å². The van der Waals surface area contributed by atoms with Crippen molar-refractivity contribution in [2.24, 2.45) is 5.92 Å². The largest absolute Gasteiger partial charge is 0.490 e. The van der Waals surface area contributed by atoms with Gasteiger partial charge >= 0.3 is 0 Å². The van der Waals surface area contributed by atoms with E-state index in [1.807, 2.05) is 28.0 Å². The highest BCUT2D eigenvalue weighted by molar-refractivity contribution is 7.85. The minimum atomic E-state index is -4.37. The number of fused-ring (bicyclic) bond motifs is 1. The van der Waals surface area contributed by atoms with Crippen molar-refractivity contribution >= 4 is 27.4 Å². The average Bonchev–Trinajstić information content (AvgIpc) is 3.31. The van der Waals surface area contributed by atoms with E-state index in [9.17, 15) is 17.8 Å². The maximum Gasteiger partial charge on any atom is 0.296 e. The van der Waals surface area contributed by atoms with Gasteiger partial charge in [0.15, 0.2) is 0 Å². The lowest BCUT2D eigenvalue weighted by molar-refractivity contribution is -0.137. The van der Waals surface area contributed by atoms with Crippen LogP contribution in [0.15, 0.2) is 41.6 Å². The van der Waals surface area contributed by atoms with E-state index >= 15 is 0 Å². The number of carbonyl (C=O) groups is 1. The number of nitrogens with zero attached hydrogens (tertiary/aromatic N) is 3. The van der Waals surface area contributed by atoms with Crippen LogP contribution in [0.4, 0.5) is 11.4 Å². The van der Waals surface area contributed by atoms with Crippen LogP contribution >= 0.6 is 0 Å². The third-order valence-electron chi connectivity index (χ3n) is 6.43. The van der Waals surface area contributed by atoms with E-state index in [4.69, 9.17) is 14.2 Å². The summed E-state index contributed by atoms with van der Waals surface area (Å²) in [5.41, 5.74) is 1.23. The van der Waals surface area contributed by atoms with Crippen molar-refractivity contribution in [1.82, 2.24) is 9.88 Å². The number of benzene rings is 1. The first-order valence-corrected chi connectivity index (χ1v) is 12.8. The quantitative estimate of drug-likeness (QED) is 0.631. The molecule has 3 aliphatic rings. The fourth-order valence-corrected chi connectivity index (χ4v) is 5.12. The van der Waals surface area contributed by atoms with E-state index in [0.29, 0.717) is 62.3 Å². The van der Waals surface area contributed by atoms with Crippen LogP contribution in [-0.4, -0.2) is 74.3 Å². The fourth-order valence-electron chi connectivity index (χ4n) is 4.65. The second-order valence-corrected chi connectivity index (χ2v) is 10.1. The molecule has 182 valence electrons. The number of rotatable bonds is 5. The molecule has 0 aliphatic carbocycles. The molecule has 11 heteroatoms. The highest BCUT2D eigenvalue weighted by Gasteiger charge is 2.33. The summed E-state index contributed by atoms with van der Waals surface area (Å²) in [6.07, 6.45) is 4.84. The van der Waals surface area contributed by atoms with E-state index < -0.39 is 10.1 Å². The van der Waals surface area contributed by atoms with Crippen LogP contribution in [0.1, 0.15) is 19.3 Å². The van der Waals surface area contributed by atoms with Gasteiger partial charge in [-0.2, -0.15) is 8.42 Å². The van der Waals surface area contributed by atoms with Gasteiger partial charge in [-0.15, -0.1) is 0 Å². The molecule has 0 bridgehead atoms. The van der Waals surface area contributed by atoms with Gasteiger partial charge in [0, 0.05) is 44.4 Å². The highest BCUT2D eigenvalue weighted by Crippen LogP contribution is 2.39. The van der Waals surface area contributed by atoms with E-state index in [1.165, 1.54) is 12.3 Å². The SMILES string of the molecule is O=C(C1CCOCC1)N1CC[C@H](Oc2ccc3c(c2)N(c2cncc(S(=O)(=O)O)c2)CCO3)C1. The molecule has 1 atom stereocenters. The monoisotopic (exact) mass is 489 g/mol. The van der Waals surface area contributed by atoms with Crippen molar-refractivity contribution in [1.29, 1.82) is 0 Å². The van der Waals surface area contributed by atoms with Crippen molar-refractivity contribution in [2.45, 2.75) is 30.3 Å². The van der Waals surface area contributed by atoms with Gasteiger partial charge < -0.3 is 24.0 Å². The summed E-state index contributed by atoms with van der Waals surface area (Å²) in [4.78, 5) is 20.3. The molecule has 2 fully saturated rings. The third kappa shape index (κ3) is 4.82. The van der Waals surface area contributed by atoms with E-state index in [1.54, 1.807) is 0 Å². The third-order valence-corrected chi connectivity index (χ3v) is 7.25. The Kier molecular flexibility index (Phi) is 6.32. The first-order chi connectivity index (χ1) is 16.4. The molecule has 10 nitrogen and oxygen atoms in total. The topological polar surface area (TPSA) is 118 Å². The lowest BCUT2D eigenvalue weighted by Gasteiger charge is -2.31. The maximum atomic E-state index is 12.8. The van der Waals surface area contributed by atoms with Gasteiger partial charge in [-0.25, -0.2) is 0 Å². The normalized spacial score (nSPS) is 21.1. The summed E-state index contributed by atoms with van der Waals surface area (Å²) >= 11 is 0. The van der Waals surface area contributed by atoms with Crippen LogP contribution in [0.2, 0.25) is 0 Å². The molecule has 4 heterocycles. The first kappa shape index (κ1) is 22.9. The lowest BCUT2D eigenvalue weighted by Crippen LogP contribution is -2.38. The second kappa shape index (κ2) is 9.40. The second-order valence-electron chi connectivity index (χ2n) is 8.68. The van der Waals surface area contributed by atoms with Crippen molar-refractivity contribution < 1.29 is 32.0 Å². The van der Waals surface area contributed by atoms with Crippen LogP contribution in [0.3, 0.4) is 0 Å². The van der Waals surface area contributed by atoms with Gasteiger partial charge in [0.2, 0.25) is 5.91 Å². The smallest absolute Gasteiger partial charge is 0.296 e. The average molecular weight is 490 g/mol. The van der Waals surface area contributed by atoms with Crippen molar-refractivity contribution in [3.63, 3.8) is 0 Å². The molecule has 2 aromatic rings. The fraction of sp³-hybridized carbons (Fsp3) is 0.478. The molecule has 0 spiro atoms. The Morgan fingerprint density at radius 2 is 1.91 bits per heavy atom. The Bertz CT molecular complexity index is 1170. The Labute approximate surface area is 198 Å². The van der Waals surface area contributed by atoms with Gasteiger partial charge in [0.05, 0.1) is 30.7 Å². The Morgan fingerprint density at radius 3 is 2.71 bits per heavy atom. The van der Waals surface area contributed by atoms with Gasteiger partial charge in [0.1, 0.15) is 29.1 Å². The zero-order valence-corrected chi connectivity index (χ0v) is 19.4. The Hall–Kier alpha value is -2.89. The van der Waals surface area contributed by atoms with Crippen LogP contribution < -0.4 is 14.4 Å². The van der Waals surface area contributed by atoms with E-state index in [0.717, 1.165) is 25.5 Å². The molecule has 0 radical (unpaired) electrons. The molecule has 1 aromatic carbocycles. The maximum absolute atomic E-state index is 12.8. The number of amides is 1. The summed E-state index contributed by atoms with van der Waals surface area (Å²) in [6.45, 7) is 3.39. The van der Waals surface area contributed by atoms with Crippen LogP contribution in [-0.2, 0) is 19.6 Å². The van der Waals surface area contributed by atoms with Crippen LogP contribution in [0.25, 0.3) is 0 Å². The molecule has 0 unspecified atom stereocenters. The summed E-state index contributed by atoms with van der Waals surface area (Å²) < 4.78 is 49.8. The standard InChI is InChI=1S/C23H27N3O7S/c27-23(16-4-8-31-9-5-16)25-6-3-19(15-25)33-18-1-2-22-21(12-18)26(7-10-32-22)17-11-20(14-24-13-17)34(28,29)30/h1-2,11-14,16,19H,3-10,15H2,(H,28,29,30)/t19-/m0/s1. The first-order valence-electron chi connectivity index (χ1n) is 11.4. The van der Waals surface area contributed by atoms with E-state index in [-0.39, 0.29) is 22.8 Å². The van der Waals surface area contributed by atoms with Crippen LogP contribution in [0.5, 0.6) is 11.5 Å². The van der Waals surface area contributed by atoms with Crippen molar-refractivity contribution in [3.8, 4) is 11.5 Å². The van der Waals surface area contributed by atoms with Gasteiger partial charge in [0.25, 0.3) is 10.1 Å². The zero-order valence-electron chi connectivity index (χ0n) is 18.6. The number of anilines is 2. The molecule has 3 aliphatic heterocycles. The summed E-state index contributed by atoms with van der Waals surface area (Å²) in [5.74, 6) is 1.50. The number of ether oxygens (including phenoxy) is 3. The Morgan fingerprint density at radius 1 is 1.09 bits per heavy atom. The minimum absolute atomic E-state index is 0.0362. The number of hydrogen-bond acceptors (Lipinski definition) is 8. The lowest BCUT2D eigenvalue weighted by atomic mass is 9.99. The van der Waals surface area contributed by atoms with Crippen LogP contribution in [0, 0.1) is 5.92 Å². The summed E-state index contributed by atoms with van der Waals surface area (Å²) in [6, 6.07) is 6.87. The minimum Gasteiger partial charge on any atom is -0.490 e. The Balaban J connectivity index is 1.31. The van der Waals surface area contributed by atoms with Gasteiger partial charge in [-0.05, 0) is 31.0 Å². The molecule has 0 saturated carbocycles. The molecule has 5 rings (SSSR count). The molecular formula is C23H27N3O7S. The number of aromatic nitrogens is 1. The summed E-state index contributed by atoms with van der Waals surface area (Å²) in [5, 5.41) is 0. The van der Waals surface area contributed by atoms with E-state index in [2.05, 4.69) is 4.98 Å². The zero-order chi connectivity index (χ0) is 23.7. The van der Waals surface area contributed by atoms with Crippen molar-refractivity contribution in [3.05, 3.63) is 36.7 Å². The number of carbonyl (C=O) groups excluding carboxylic acids is 1. The van der Waals surface area contributed by atoms with Gasteiger partial charge in [-0.1, -0.05) is 0 Å². The molecule has 2 saturated heterocycles. The number of hydrogen-bond donors (Lipinski definition) is 1. The number of pyridine rings is 1. The van der Waals surface area contributed by atoms with Crippen molar-refractivity contribution in [2.75, 3.05) is 44.4 Å². The number of likely N-dealkylation sites (tertiary alicyclic amines) is 1. The highest BCUT2D eigenvalue weighted by atomic mass is 32.2. The predicted molar refractivity (Wildman–Crippen MR) is 122 cm³/mol. The predicted octanol–water partition coefficient (Wildman–Crippen LogP) is 2.27. The molecule has 34 heavy (non-hydrogen) atoms. The molecule has 1 N–H and O–H groups in total. The molecular weight excluding hydrogens is 462 g/mol.